The Balaban J connectivity index is 1.99. The van der Waals surface area contributed by atoms with E-state index in [1.165, 1.54) is 5.56 Å². The summed E-state index contributed by atoms with van der Waals surface area (Å²) in [7, 11) is 0. The maximum absolute atomic E-state index is 12.5. The van der Waals surface area contributed by atoms with Gasteiger partial charge in [-0.05, 0) is 31.0 Å². The van der Waals surface area contributed by atoms with Gasteiger partial charge >= 0.3 is 0 Å². The lowest BCUT2D eigenvalue weighted by molar-refractivity contribution is -0.134. The molecule has 1 heterocycles. The van der Waals surface area contributed by atoms with Gasteiger partial charge in [-0.2, -0.15) is 0 Å². The lowest BCUT2D eigenvalue weighted by Crippen LogP contribution is -2.37. The summed E-state index contributed by atoms with van der Waals surface area (Å²) in [4.78, 5) is 14.5. The van der Waals surface area contributed by atoms with E-state index < -0.39 is 0 Å². The molecule has 3 nitrogen and oxygen atoms in total. The molecule has 0 saturated heterocycles. The van der Waals surface area contributed by atoms with Crippen LogP contribution in [0.5, 0.6) is 0 Å². The summed E-state index contributed by atoms with van der Waals surface area (Å²) in [5, 5.41) is 0. The first-order chi connectivity index (χ1) is 10.2. The second-order valence-corrected chi connectivity index (χ2v) is 5.34. The SMILES string of the molecule is CCC(C)N(Cc1ccccc1)C(=O)CCc1ccco1. The fraction of sp³-hybridized carbons (Fsp3) is 0.389. The molecule has 0 radical (unpaired) electrons. The number of furan rings is 1. The van der Waals surface area contributed by atoms with Crippen LogP contribution >= 0.6 is 0 Å². The molecule has 0 aliphatic carbocycles. The summed E-state index contributed by atoms with van der Waals surface area (Å²) < 4.78 is 5.30. The van der Waals surface area contributed by atoms with Gasteiger partial charge in [0.2, 0.25) is 5.91 Å². The van der Waals surface area contributed by atoms with Crippen LogP contribution < -0.4 is 0 Å². The molecule has 2 aromatic rings. The molecule has 0 saturated carbocycles. The molecule has 112 valence electrons. The molecule has 2 rings (SSSR count). The molecule has 1 aromatic heterocycles. The van der Waals surface area contributed by atoms with Crippen LogP contribution in [0.1, 0.15) is 38.0 Å². The van der Waals surface area contributed by atoms with Gasteiger partial charge < -0.3 is 9.32 Å². The topological polar surface area (TPSA) is 33.5 Å². The van der Waals surface area contributed by atoms with E-state index >= 15 is 0 Å². The van der Waals surface area contributed by atoms with Crippen molar-refractivity contribution in [3.8, 4) is 0 Å². The van der Waals surface area contributed by atoms with Gasteiger partial charge in [0.05, 0.1) is 6.26 Å². The van der Waals surface area contributed by atoms with Crippen molar-refractivity contribution >= 4 is 5.91 Å². The average Bonchev–Trinajstić information content (AvgIpc) is 3.04. The zero-order valence-corrected chi connectivity index (χ0v) is 12.8. The minimum absolute atomic E-state index is 0.185. The van der Waals surface area contributed by atoms with Crippen molar-refractivity contribution in [3.63, 3.8) is 0 Å². The van der Waals surface area contributed by atoms with E-state index in [-0.39, 0.29) is 11.9 Å². The van der Waals surface area contributed by atoms with Crippen LogP contribution in [-0.4, -0.2) is 16.8 Å². The maximum Gasteiger partial charge on any atom is 0.223 e. The minimum atomic E-state index is 0.185. The Hall–Kier alpha value is -2.03. The van der Waals surface area contributed by atoms with Gasteiger partial charge in [0.1, 0.15) is 5.76 Å². The molecule has 1 unspecified atom stereocenters. The van der Waals surface area contributed by atoms with Crippen molar-refractivity contribution in [1.82, 2.24) is 4.90 Å². The molecule has 0 fully saturated rings. The van der Waals surface area contributed by atoms with E-state index in [9.17, 15) is 4.79 Å². The molecule has 1 amide bonds. The summed E-state index contributed by atoms with van der Waals surface area (Å²) in [6.07, 6.45) is 3.76. The Labute approximate surface area is 126 Å². The quantitative estimate of drug-likeness (QED) is 0.769. The molecule has 21 heavy (non-hydrogen) atoms. The Morgan fingerprint density at radius 3 is 2.57 bits per heavy atom. The molecule has 0 N–H and O–H groups in total. The fourth-order valence-corrected chi connectivity index (χ4v) is 2.32. The van der Waals surface area contributed by atoms with Crippen LogP contribution in [0, 0.1) is 0 Å². The van der Waals surface area contributed by atoms with E-state index in [0.717, 1.165) is 12.2 Å². The predicted molar refractivity (Wildman–Crippen MR) is 83.8 cm³/mol. The van der Waals surface area contributed by atoms with E-state index in [1.807, 2.05) is 35.2 Å². The zero-order chi connectivity index (χ0) is 15.1. The van der Waals surface area contributed by atoms with Gasteiger partial charge in [-0.3, -0.25) is 4.79 Å². The van der Waals surface area contributed by atoms with E-state index in [4.69, 9.17) is 4.42 Å². The number of aryl methyl sites for hydroxylation is 1. The molecular formula is C18H23NO2. The van der Waals surface area contributed by atoms with Gasteiger partial charge in [-0.15, -0.1) is 0 Å². The Morgan fingerprint density at radius 1 is 1.19 bits per heavy atom. The summed E-state index contributed by atoms with van der Waals surface area (Å²) in [5.41, 5.74) is 1.17. The summed E-state index contributed by atoms with van der Waals surface area (Å²) >= 11 is 0. The Kier molecular flexibility index (Phi) is 5.61. The lowest BCUT2D eigenvalue weighted by Gasteiger charge is -2.29. The van der Waals surface area contributed by atoms with Crippen LogP contribution in [0.4, 0.5) is 0 Å². The third kappa shape index (κ3) is 4.48. The van der Waals surface area contributed by atoms with Crippen LogP contribution in [0.3, 0.4) is 0 Å². The van der Waals surface area contributed by atoms with Gasteiger partial charge in [0, 0.05) is 25.4 Å². The monoisotopic (exact) mass is 285 g/mol. The average molecular weight is 285 g/mol. The van der Waals surface area contributed by atoms with Crippen molar-refractivity contribution in [2.24, 2.45) is 0 Å². The third-order valence-electron chi connectivity index (χ3n) is 3.80. The number of carbonyl (C=O) groups excluding carboxylic acids is 1. The van der Waals surface area contributed by atoms with E-state index in [1.54, 1.807) is 6.26 Å². The van der Waals surface area contributed by atoms with Crippen LogP contribution in [0.25, 0.3) is 0 Å². The number of benzene rings is 1. The minimum Gasteiger partial charge on any atom is -0.469 e. The number of amides is 1. The highest BCUT2D eigenvalue weighted by Crippen LogP contribution is 2.14. The zero-order valence-electron chi connectivity index (χ0n) is 12.8. The Bertz CT molecular complexity index is 534. The van der Waals surface area contributed by atoms with Crippen LogP contribution in [0.15, 0.2) is 53.1 Å². The molecule has 0 spiro atoms. The highest BCUT2D eigenvalue weighted by Gasteiger charge is 2.19. The lowest BCUT2D eigenvalue weighted by atomic mass is 10.1. The molecule has 0 aliphatic rings. The summed E-state index contributed by atoms with van der Waals surface area (Å²) in [6.45, 7) is 4.89. The molecular weight excluding hydrogens is 262 g/mol. The number of nitrogens with zero attached hydrogens (tertiary/aromatic N) is 1. The molecule has 3 heteroatoms. The smallest absolute Gasteiger partial charge is 0.223 e. The van der Waals surface area contributed by atoms with Crippen molar-refractivity contribution in [2.75, 3.05) is 0 Å². The van der Waals surface area contributed by atoms with Crippen molar-refractivity contribution < 1.29 is 9.21 Å². The molecule has 0 aliphatic heterocycles. The third-order valence-corrected chi connectivity index (χ3v) is 3.80. The van der Waals surface area contributed by atoms with Crippen LogP contribution in [-0.2, 0) is 17.8 Å². The normalized spacial score (nSPS) is 12.1. The van der Waals surface area contributed by atoms with E-state index in [2.05, 4.69) is 26.0 Å². The second-order valence-electron chi connectivity index (χ2n) is 5.34. The highest BCUT2D eigenvalue weighted by molar-refractivity contribution is 5.76. The van der Waals surface area contributed by atoms with E-state index in [0.29, 0.717) is 19.4 Å². The summed E-state index contributed by atoms with van der Waals surface area (Å²) in [5.74, 6) is 1.05. The standard InChI is InChI=1S/C18H23NO2/c1-3-15(2)19(14-16-8-5-4-6-9-16)18(20)12-11-17-10-7-13-21-17/h4-10,13,15H,3,11-12,14H2,1-2H3. The second kappa shape index (κ2) is 7.67. The fourth-order valence-electron chi connectivity index (χ4n) is 2.32. The van der Waals surface area contributed by atoms with Gasteiger partial charge in [0.25, 0.3) is 0 Å². The predicted octanol–water partition coefficient (Wildman–Crippen LogP) is 4.04. The first-order valence-corrected chi connectivity index (χ1v) is 7.56. The van der Waals surface area contributed by atoms with Gasteiger partial charge in [0.15, 0.2) is 0 Å². The van der Waals surface area contributed by atoms with Crippen LogP contribution in [0.2, 0.25) is 0 Å². The largest absolute Gasteiger partial charge is 0.469 e. The van der Waals surface area contributed by atoms with Crippen molar-refractivity contribution in [1.29, 1.82) is 0 Å². The van der Waals surface area contributed by atoms with Gasteiger partial charge in [-0.1, -0.05) is 37.3 Å². The number of hydrogen-bond donors (Lipinski definition) is 0. The van der Waals surface area contributed by atoms with Crippen molar-refractivity contribution in [2.45, 2.75) is 45.7 Å². The van der Waals surface area contributed by atoms with Gasteiger partial charge in [-0.25, -0.2) is 0 Å². The molecule has 0 bridgehead atoms. The number of rotatable bonds is 7. The number of carbonyl (C=O) groups is 1. The highest BCUT2D eigenvalue weighted by atomic mass is 16.3. The first kappa shape index (κ1) is 15.4. The maximum atomic E-state index is 12.5. The summed E-state index contributed by atoms with van der Waals surface area (Å²) in [6, 6.07) is 14.2. The Morgan fingerprint density at radius 2 is 1.95 bits per heavy atom. The number of hydrogen-bond acceptors (Lipinski definition) is 2. The molecule has 1 aromatic carbocycles. The molecule has 1 atom stereocenters. The van der Waals surface area contributed by atoms with Crippen molar-refractivity contribution in [3.05, 3.63) is 60.1 Å². The first-order valence-electron chi connectivity index (χ1n) is 7.56.